The van der Waals surface area contributed by atoms with Crippen molar-refractivity contribution < 1.29 is 8.84 Å². The molecular weight excluding hydrogens is 278 g/mol. The van der Waals surface area contributed by atoms with Gasteiger partial charge in [0.1, 0.15) is 11.5 Å². The van der Waals surface area contributed by atoms with E-state index in [0.29, 0.717) is 6.54 Å². The summed E-state index contributed by atoms with van der Waals surface area (Å²) in [5.74, 6) is 1.68. The topological polar surface area (TPSA) is 34.7 Å². The van der Waals surface area contributed by atoms with E-state index in [2.05, 4.69) is 36.8 Å². The highest BCUT2D eigenvalue weighted by Crippen LogP contribution is 2.22. The van der Waals surface area contributed by atoms with Gasteiger partial charge in [-0.15, -0.1) is 0 Å². The fourth-order valence-electron chi connectivity index (χ4n) is 2.07. The monoisotopic (exact) mass is 301 g/mol. The van der Waals surface area contributed by atoms with E-state index in [1.165, 1.54) is 5.56 Å². The van der Waals surface area contributed by atoms with E-state index in [9.17, 15) is 0 Å². The van der Waals surface area contributed by atoms with Crippen molar-refractivity contribution in [3.63, 3.8) is 0 Å². The summed E-state index contributed by atoms with van der Waals surface area (Å²) in [6.45, 7) is 9.13. The summed E-state index contributed by atoms with van der Waals surface area (Å²) in [7, 11) is -1.63. The van der Waals surface area contributed by atoms with Gasteiger partial charge >= 0.3 is 0 Å². The zero-order valence-electron chi connectivity index (χ0n) is 13.2. The van der Waals surface area contributed by atoms with Crippen LogP contribution in [-0.4, -0.2) is 21.1 Å². The molecule has 2 rings (SSSR count). The lowest BCUT2D eigenvalue weighted by Gasteiger charge is -2.25. The van der Waals surface area contributed by atoms with Crippen LogP contribution in [-0.2, 0) is 4.43 Å². The molecule has 2 aromatic rings. The molecule has 0 fully saturated rings. The van der Waals surface area contributed by atoms with Gasteiger partial charge in [0.25, 0.3) is 0 Å². The molecular formula is C17H23NO2Si. The Morgan fingerprint density at radius 2 is 1.86 bits per heavy atom. The molecule has 1 atom stereocenters. The molecule has 1 aromatic carbocycles. The third-order valence-corrected chi connectivity index (χ3v) is 3.91. The fraction of sp³-hybridized carbons (Fsp3) is 0.353. The predicted octanol–water partition coefficient (Wildman–Crippen LogP) is 4.60. The molecule has 0 amide bonds. The molecule has 0 saturated carbocycles. The average molecular weight is 301 g/mol. The minimum atomic E-state index is -1.63. The van der Waals surface area contributed by atoms with E-state index in [4.69, 9.17) is 8.84 Å². The third kappa shape index (κ3) is 5.32. The van der Waals surface area contributed by atoms with Crippen molar-refractivity contribution in [2.45, 2.75) is 32.7 Å². The Balaban J connectivity index is 2.07. The van der Waals surface area contributed by atoms with Crippen LogP contribution < -0.4 is 0 Å². The number of rotatable bonds is 6. The number of nitrogens with zero attached hydrogens (tertiary/aromatic N) is 1. The van der Waals surface area contributed by atoms with Crippen LogP contribution in [0.5, 0.6) is 0 Å². The summed E-state index contributed by atoms with van der Waals surface area (Å²) >= 11 is 0. The summed E-state index contributed by atoms with van der Waals surface area (Å²) in [6, 6.07) is 14.1. The van der Waals surface area contributed by atoms with Gasteiger partial charge < -0.3 is 8.84 Å². The third-order valence-electron chi connectivity index (χ3n) is 2.92. The second-order valence-electron chi connectivity index (χ2n) is 6.07. The molecule has 112 valence electrons. The van der Waals surface area contributed by atoms with Gasteiger partial charge in [-0.05, 0) is 44.3 Å². The van der Waals surface area contributed by atoms with E-state index < -0.39 is 8.32 Å². The van der Waals surface area contributed by atoms with Crippen molar-refractivity contribution in [3.8, 4) is 0 Å². The maximum Gasteiger partial charge on any atom is 0.184 e. The Morgan fingerprint density at radius 3 is 2.43 bits per heavy atom. The van der Waals surface area contributed by atoms with E-state index >= 15 is 0 Å². The number of hydrogen-bond acceptors (Lipinski definition) is 3. The van der Waals surface area contributed by atoms with Crippen LogP contribution >= 0.6 is 0 Å². The van der Waals surface area contributed by atoms with Crippen LogP contribution in [0.1, 0.15) is 23.2 Å². The zero-order chi connectivity index (χ0) is 15.3. The number of aliphatic imine (C=N–C) groups is 1. The lowest BCUT2D eigenvalue weighted by atomic mass is 10.1. The predicted molar refractivity (Wildman–Crippen MR) is 89.5 cm³/mol. The van der Waals surface area contributed by atoms with Crippen molar-refractivity contribution in [2.75, 3.05) is 6.54 Å². The molecule has 21 heavy (non-hydrogen) atoms. The molecule has 0 aliphatic carbocycles. The van der Waals surface area contributed by atoms with Gasteiger partial charge in [0.15, 0.2) is 8.32 Å². The molecule has 0 spiro atoms. The second kappa shape index (κ2) is 6.87. The minimum absolute atomic E-state index is 0.00479. The van der Waals surface area contributed by atoms with Crippen LogP contribution in [0.25, 0.3) is 0 Å². The number of hydrogen-bond donors (Lipinski definition) is 0. The normalized spacial score (nSPS) is 13.7. The van der Waals surface area contributed by atoms with Crippen LogP contribution in [0.3, 0.4) is 0 Å². The molecule has 1 unspecified atom stereocenters. The largest absolute Gasteiger partial charge is 0.460 e. The highest BCUT2D eigenvalue weighted by Gasteiger charge is 2.21. The first-order chi connectivity index (χ1) is 9.94. The summed E-state index contributed by atoms with van der Waals surface area (Å²) in [6.07, 6.45) is 1.78. The first-order valence-corrected chi connectivity index (χ1v) is 10.6. The van der Waals surface area contributed by atoms with Gasteiger partial charge in [0.05, 0.1) is 18.9 Å². The van der Waals surface area contributed by atoms with Gasteiger partial charge in [-0.1, -0.05) is 30.3 Å². The lowest BCUT2D eigenvalue weighted by molar-refractivity contribution is 0.207. The van der Waals surface area contributed by atoms with Crippen molar-refractivity contribution in [1.29, 1.82) is 0 Å². The van der Waals surface area contributed by atoms with Crippen molar-refractivity contribution in [1.82, 2.24) is 0 Å². The number of aryl methyl sites for hydroxylation is 1. The van der Waals surface area contributed by atoms with Gasteiger partial charge in [0.2, 0.25) is 0 Å². The maximum absolute atomic E-state index is 6.26. The van der Waals surface area contributed by atoms with E-state index in [1.54, 1.807) is 6.21 Å². The Bertz CT molecular complexity index is 584. The van der Waals surface area contributed by atoms with Crippen LogP contribution in [0.15, 0.2) is 51.9 Å². The van der Waals surface area contributed by atoms with E-state index in [1.807, 2.05) is 37.3 Å². The minimum Gasteiger partial charge on any atom is -0.460 e. The first kappa shape index (κ1) is 15.7. The molecule has 0 bridgehead atoms. The molecule has 1 heterocycles. The lowest BCUT2D eigenvalue weighted by Crippen LogP contribution is -2.29. The Labute approximate surface area is 127 Å². The molecule has 0 radical (unpaired) electrons. The van der Waals surface area contributed by atoms with Crippen LogP contribution in [0, 0.1) is 6.92 Å². The smallest absolute Gasteiger partial charge is 0.184 e. The SMILES string of the molecule is Cc1ccc(C=NCC(O[Si](C)(C)C)c2ccccc2)o1. The Hall–Kier alpha value is -1.65. The van der Waals surface area contributed by atoms with Gasteiger partial charge in [-0.25, -0.2) is 0 Å². The van der Waals surface area contributed by atoms with Crippen molar-refractivity contribution >= 4 is 14.5 Å². The quantitative estimate of drug-likeness (QED) is 0.577. The molecule has 0 aliphatic rings. The Morgan fingerprint density at radius 1 is 1.14 bits per heavy atom. The number of furan rings is 1. The van der Waals surface area contributed by atoms with Crippen molar-refractivity contribution in [3.05, 3.63) is 59.5 Å². The van der Waals surface area contributed by atoms with Crippen LogP contribution in [0.4, 0.5) is 0 Å². The van der Waals surface area contributed by atoms with Crippen LogP contribution in [0.2, 0.25) is 19.6 Å². The summed E-state index contributed by atoms with van der Waals surface area (Å²) in [5.41, 5.74) is 1.17. The fourth-order valence-corrected chi connectivity index (χ4v) is 3.13. The van der Waals surface area contributed by atoms with E-state index in [0.717, 1.165) is 11.5 Å². The first-order valence-electron chi connectivity index (χ1n) is 7.23. The standard InChI is InChI=1S/C17H23NO2Si/c1-14-10-11-16(19-14)12-18-13-17(20-21(2,3)4)15-8-6-5-7-9-15/h5-12,17H,13H2,1-4H3. The molecule has 1 aromatic heterocycles. The maximum atomic E-state index is 6.26. The second-order valence-corrected chi connectivity index (χ2v) is 10.5. The van der Waals surface area contributed by atoms with Gasteiger partial charge in [-0.3, -0.25) is 4.99 Å². The average Bonchev–Trinajstić information content (AvgIpc) is 2.83. The highest BCUT2D eigenvalue weighted by atomic mass is 28.4. The summed E-state index contributed by atoms with van der Waals surface area (Å²) in [5, 5.41) is 0. The van der Waals surface area contributed by atoms with Crippen molar-refractivity contribution in [2.24, 2.45) is 4.99 Å². The zero-order valence-corrected chi connectivity index (χ0v) is 14.2. The highest BCUT2D eigenvalue weighted by molar-refractivity contribution is 6.69. The van der Waals surface area contributed by atoms with Gasteiger partial charge in [0, 0.05) is 0 Å². The molecule has 0 aliphatic heterocycles. The molecule has 3 nitrogen and oxygen atoms in total. The van der Waals surface area contributed by atoms with E-state index in [-0.39, 0.29) is 6.10 Å². The number of benzene rings is 1. The summed E-state index contributed by atoms with van der Waals surface area (Å²) < 4.78 is 11.8. The van der Waals surface area contributed by atoms with Gasteiger partial charge in [-0.2, -0.15) is 0 Å². The Kier molecular flexibility index (Phi) is 5.15. The molecule has 0 N–H and O–H groups in total. The molecule has 4 heteroatoms. The summed E-state index contributed by atoms with van der Waals surface area (Å²) in [4.78, 5) is 4.49. The molecule has 0 saturated heterocycles.